The van der Waals surface area contributed by atoms with E-state index in [2.05, 4.69) is 26.5 Å². The van der Waals surface area contributed by atoms with Crippen molar-refractivity contribution in [1.82, 2.24) is 0 Å². The van der Waals surface area contributed by atoms with Crippen molar-refractivity contribution in [3.05, 3.63) is 65.8 Å². The average molecular weight is 399 g/mol. The largest absolute Gasteiger partial charge is 0.497 e. The van der Waals surface area contributed by atoms with Crippen LogP contribution in [-0.2, 0) is 20.9 Å². The number of ether oxygens (including phenoxy) is 3. The summed E-state index contributed by atoms with van der Waals surface area (Å²) in [4.78, 5) is 11.8. The van der Waals surface area contributed by atoms with Gasteiger partial charge < -0.3 is 14.2 Å². The van der Waals surface area contributed by atoms with Gasteiger partial charge in [0, 0.05) is 12.5 Å². The van der Waals surface area contributed by atoms with Gasteiger partial charge in [-0.05, 0) is 63.3 Å². The first-order valence-corrected chi connectivity index (χ1v) is 10.4. The van der Waals surface area contributed by atoms with Gasteiger partial charge in [-0.2, -0.15) is 0 Å². The van der Waals surface area contributed by atoms with Crippen LogP contribution >= 0.6 is 0 Å². The number of carbonyl (C=O) groups excluding carboxylic acids is 1. The molecule has 1 aliphatic rings. The second kappa shape index (κ2) is 12.3. The molecule has 0 aromatic heterocycles. The fourth-order valence-corrected chi connectivity index (χ4v) is 3.49. The summed E-state index contributed by atoms with van der Waals surface area (Å²) in [5, 5.41) is 0. The van der Waals surface area contributed by atoms with Crippen LogP contribution in [0.25, 0.3) is 0 Å². The van der Waals surface area contributed by atoms with Gasteiger partial charge in [-0.15, -0.1) is 0 Å². The highest BCUT2D eigenvalue weighted by Crippen LogP contribution is 2.30. The molecule has 158 valence electrons. The molecule has 1 fully saturated rings. The Hall–Kier alpha value is -2.33. The molecular formula is C25H34O4. The third kappa shape index (κ3) is 8.28. The summed E-state index contributed by atoms with van der Waals surface area (Å²) in [5.74, 6) is 1.03. The number of carbonyl (C=O) groups is 1. The van der Waals surface area contributed by atoms with Crippen LogP contribution in [0.15, 0.2) is 60.2 Å². The minimum atomic E-state index is -0.0979. The SMILES string of the molecule is C=C/C=C(\C)CCC1CC(=O)OC1/C=C(\C)CCCOCc1ccc(OC)cc1. The first kappa shape index (κ1) is 23.0. The van der Waals surface area contributed by atoms with Crippen LogP contribution in [0.4, 0.5) is 0 Å². The van der Waals surface area contributed by atoms with E-state index in [0.29, 0.717) is 19.6 Å². The number of cyclic esters (lactones) is 1. The lowest BCUT2D eigenvalue weighted by molar-refractivity contribution is -0.140. The van der Waals surface area contributed by atoms with Gasteiger partial charge in [0.25, 0.3) is 0 Å². The fourth-order valence-electron chi connectivity index (χ4n) is 3.49. The van der Waals surface area contributed by atoms with Crippen molar-refractivity contribution < 1.29 is 19.0 Å². The van der Waals surface area contributed by atoms with Crippen molar-refractivity contribution in [3.63, 3.8) is 0 Å². The molecule has 1 aromatic rings. The molecular weight excluding hydrogens is 364 g/mol. The predicted molar refractivity (Wildman–Crippen MR) is 117 cm³/mol. The van der Waals surface area contributed by atoms with E-state index in [1.165, 1.54) is 11.1 Å². The fraction of sp³-hybridized carbons (Fsp3) is 0.480. The van der Waals surface area contributed by atoms with Crippen molar-refractivity contribution >= 4 is 5.97 Å². The molecule has 1 saturated heterocycles. The van der Waals surface area contributed by atoms with Crippen LogP contribution in [-0.4, -0.2) is 25.8 Å². The lowest BCUT2D eigenvalue weighted by Gasteiger charge is -2.15. The molecule has 2 unspecified atom stereocenters. The molecule has 1 aromatic carbocycles. The third-order valence-electron chi connectivity index (χ3n) is 5.21. The minimum absolute atomic E-state index is 0.0859. The summed E-state index contributed by atoms with van der Waals surface area (Å²) in [7, 11) is 1.66. The Bertz CT molecular complexity index is 715. The Morgan fingerprint density at radius 3 is 2.66 bits per heavy atom. The standard InChI is InChI=1S/C25H34O4/c1-5-7-19(2)9-12-22-17-25(26)29-24(22)16-20(3)8-6-15-28-18-21-10-13-23(27-4)14-11-21/h5,7,10-11,13-14,16,22,24H,1,6,8-9,12,15,17-18H2,2-4H3/b19-7+,20-16+. The summed E-state index contributed by atoms with van der Waals surface area (Å²) in [6.45, 7) is 9.25. The van der Waals surface area contributed by atoms with E-state index in [4.69, 9.17) is 14.2 Å². The molecule has 2 rings (SSSR count). The second-order valence-corrected chi connectivity index (χ2v) is 7.72. The molecule has 2 atom stereocenters. The maximum Gasteiger partial charge on any atom is 0.306 e. The maximum atomic E-state index is 11.8. The van der Waals surface area contributed by atoms with Crippen LogP contribution in [0.3, 0.4) is 0 Å². The Morgan fingerprint density at radius 2 is 1.97 bits per heavy atom. The first-order chi connectivity index (χ1) is 14.0. The van der Waals surface area contributed by atoms with E-state index >= 15 is 0 Å². The lowest BCUT2D eigenvalue weighted by Crippen LogP contribution is -2.14. The number of allylic oxidation sites excluding steroid dienone is 4. The Morgan fingerprint density at radius 1 is 1.21 bits per heavy atom. The minimum Gasteiger partial charge on any atom is -0.497 e. The zero-order chi connectivity index (χ0) is 21.1. The van der Waals surface area contributed by atoms with Gasteiger partial charge in [0.1, 0.15) is 11.9 Å². The van der Waals surface area contributed by atoms with E-state index in [9.17, 15) is 4.79 Å². The predicted octanol–water partition coefficient (Wildman–Crippen LogP) is 5.78. The molecule has 0 N–H and O–H groups in total. The summed E-state index contributed by atoms with van der Waals surface area (Å²) in [6.07, 6.45) is 10.2. The lowest BCUT2D eigenvalue weighted by atomic mass is 9.92. The van der Waals surface area contributed by atoms with Crippen molar-refractivity contribution in [1.29, 1.82) is 0 Å². The molecule has 4 heteroatoms. The van der Waals surface area contributed by atoms with Crippen LogP contribution in [0.1, 0.15) is 51.5 Å². The highest BCUT2D eigenvalue weighted by atomic mass is 16.5. The summed E-state index contributed by atoms with van der Waals surface area (Å²) >= 11 is 0. The van der Waals surface area contributed by atoms with Gasteiger partial charge in [-0.25, -0.2) is 0 Å². The normalized spacial score (nSPS) is 19.9. The van der Waals surface area contributed by atoms with E-state index in [0.717, 1.165) is 37.0 Å². The molecule has 0 spiro atoms. The van der Waals surface area contributed by atoms with E-state index in [-0.39, 0.29) is 18.0 Å². The molecule has 4 nitrogen and oxygen atoms in total. The molecule has 0 radical (unpaired) electrons. The zero-order valence-electron chi connectivity index (χ0n) is 18.0. The van der Waals surface area contributed by atoms with Crippen molar-refractivity contribution in [2.75, 3.05) is 13.7 Å². The summed E-state index contributed by atoms with van der Waals surface area (Å²) in [6, 6.07) is 7.92. The third-order valence-corrected chi connectivity index (χ3v) is 5.21. The number of benzene rings is 1. The zero-order valence-corrected chi connectivity index (χ0v) is 18.0. The van der Waals surface area contributed by atoms with Gasteiger partial charge in [0.2, 0.25) is 0 Å². The van der Waals surface area contributed by atoms with E-state index in [1.807, 2.05) is 36.4 Å². The van der Waals surface area contributed by atoms with E-state index < -0.39 is 0 Å². The number of esters is 1. The molecule has 1 heterocycles. The quantitative estimate of drug-likeness (QED) is 0.194. The monoisotopic (exact) mass is 398 g/mol. The van der Waals surface area contributed by atoms with Crippen LogP contribution < -0.4 is 4.74 Å². The van der Waals surface area contributed by atoms with Crippen molar-refractivity contribution in [3.8, 4) is 5.75 Å². The Kier molecular flexibility index (Phi) is 9.72. The van der Waals surface area contributed by atoms with Crippen molar-refractivity contribution in [2.24, 2.45) is 5.92 Å². The topological polar surface area (TPSA) is 44.8 Å². The van der Waals surface area contributed by atoms with Gasteiger partial charge in [0.05, 0.1) is 20.1 Å². The van der Waals surface area contributed by atoms with Gasteiger partial charge >= 0.3 is 5.97 Å². The first-order valence-electron chi connectivity index (χ1n) is 10.4. The average Bonchev–Trinajstić information content (AvgIpc) is 3.05. The van der Waals surface area contributed by atoms with Gasteiger partial charge in [0.15, 0.2) is 0 Å². The van der Waals surface area contributed by atoms with Gasteiger partial charge in [-0.1, -0.05) is 42.0 Å². The van der Waals surface area contributed by atoms with Crippen molar-refractivity contribution in [2.45, 2.75) is 58.7 Å². The number of hydrogen-bond donors (Lipinski definition) is 0. The summed E-state index contributed by atoms with van der Waals surface area (Å²) < 4.78 is 16.5. The Balaban J connectivity index is 1.72. The second-order valence-electron chi connectivity index (χ2n) is 7.72. The highest BCUT2D eigenvalue weighted by molar-refractivity contribution is 5.72. The van der Waals surface area contributed by atoms with Crippen LogP contribution in [0, 0.1) is 5.92 Å². The van der Waals surface area contributed by atoms with Crippen LogP contribution in [0.2, 0.25) is 0 Å². The Labute approximate surface area is 175 Å². The number of rotatable bonds is 12. The number of methoxy groups -OCH3 is 1. The molecule has 29 heavy (non-hydrogen) atoms. The smallest absolute Gasteiger partial charge is 0.306 e. The molecule has 0 bridgehead atoms. The van der Waals surface area contributed by atoms with Gasteiger partial charge in [-0.3, -0.25) is 4.79 Å². The number of hydrogen-bond acceptors (Lipinski definition) is 4. The summed E-state index contributed by atoms with van der Waals surface area (Å²) in [5.41, 5.74) is 3.67. The van der Waals surface area contributed by atoms with Crippen LogP contribution in [0.5, 0.6) is 5.75 Å². The van der Waals surface area contributed by atoms with E-state index in [1.54, 1.807) is 7.11 Å². The molecule has 0 amide bonds. The highest BCUT2D eigenvalue weighted by Gasteiger charge is 2.32. The maximum absolute atomic E-state index is 11.8. The molecule has 0 saturated carbocycles. The molecule has 1 aliphatic heterocycles. The molecule has 0 aliphatic carbocycles.